The Labute approximate surface area is 127 Å². The Morgan fingerprint density at radius 3 is 2.36 bits per heavy atom. The molecule has 0 saturated heterocycles. The molecule has 6 heteroatoms. The highest BCUT2D eigenvalue weighted by molar-refractivity contribution is 5.62. The molecule has 0 heterocycles. The fraction of sp³-hybridized carbons (Fsp3) is 0.375. The largest absolute Gasteiger partial charge is 0.509 e. The van der Waals surface area contributed by atoms with Crippen LogP contribution in [0.2, 0.25) is 0 Å². The van der Waals surface area contributed by atoms with E-state index in [2.05, 4.69) is 0 Å². The van der Waals surface area contributed by atoms with Crippen LogP contribution in [0.3, 0.4) is 0 Å². The molecule has 4 atom stereocenters. The number of rotatable bonds is 5. The topological polar surface area (TPSA) is 121 Å². The van der Waals surface area contributed by atoms with Crippen LogP contribution < -0.4 is 0 Å². The Morgan fingerprint density at radius 1 is 1.00 bits per heavy atom. The van der Waals surface area contributed by atoms with Crippen LogP contribution in [-0.4, -0.2) is 61.7 Å². The van der Waals surface area contributed by atoms with Crippen molar-refractivity contribution in [3.63, 3.8) is 0 Å². The van der Waals surface area contributed by atoms with Crippen molar-refractivity contribution in [2.75, 3.05) is 6.61 Å². The molecule has 0 unspecified atom stereocenters. The van der Waals surface area contributed by atoms with Crippen LogP contribution in [0.1, 0.15) is 11.1 Å². The average Bonchev–Trinajstić information content (AvgIpc) is 2.57. The summed E-state index contributed by atoms with van der Waals surface area (Å²) in [6.07, 6.45) is -3.18. The first-order valence-electron chi connectivity index (χ1n) is 6.96. The predicted molar refractivity (Wildman–Crippen MR) is 79.9 cm³/mol. The van der Waals surface area contributed by atoms with Crippen LogP contribution in [0.25, 0.3) is 6.08 Å². The second kappa shape index (κ2) is 7.04. The molecule has 6 nitrogen and oxygen atoms in total. The molecule has 0 fully saturated rings. The number of fused-ring (bicyclic) bond motifs is 1. The van der Waals surface area contributed by atoms with Gasteiger partial charge in [0.2, 0.25) is 0 Å². The van der Waals surface area contributed by atoms with E-state index in [1.54, 1.807) is 12.2 Å². The van der Waals surface area contributed by atoms with Gasteiger partial charge in [0.1, 0.15) is 30.2 Å². The molecular weight excluding hydrogens is 288 g/mol. The normalized spacial score (nSPS) is 21.7. The third-order valence-corrected chi connectivity index (χ3v) is 3.76. The highest BCUT2D eigenvalue weighted by Gasteiger charge is 2.33. The van der Waals surface area contributed by atoms with Crippen LogP contribution in [0.5, 0.6) is 0 Å². The van der Waals surface area contributed by atoms with Gasteiger partial charge in [-0.15, -0.1) is 0 Å². The number of allylic oxidation sites excluding steroid dienone is 2. The van der Waals surface area contributed by atoms with Crippen LogP contribution in [0, 0.1) is 0 Å². The molecule has 0 radical (unpaired) electrons. The highest BCUT2D eigenvalue weighted by atomic mass is 16.4. The molecule has 0 aromatic heterocycles. The molecule has 1 aliphatic rings. The lowest BCUT2D eigenvalue weighted by molar-refractivity contribution is -0.113. The molecule has 0 spiro atoms. The lowest BCUT2D eigenvalue weighted by Gasteiger charge is -2.26. The summed E-state index contributed by atoms with van der Waals surface area (Å²) in [5, 5.41) is 57.5. The molecule has 1 aliphatic carbocycles. The number of hydrogen-bond donors (Lipinski definition) is 6. The fourth-order valence-electron chi connectivity index (χ4n) is 2.36. The van der Waals surface area contributed by atoms with Gasteiger partial charge in [0.15, 0.2) is 0 Å². The third-order valence-electron chi connectivity index (χ3n) is 3.76. The summed E-state index contributed by atoms with van der Waals surface area (Å²) in [7, 11) is 0. The number of aliphatic hydroxyl groups is 6. The van der Waals surface area contributed by atoms with Crippen molar-refractivity contribution >= 4 is 6.08 Å². The van der Waals surface area contributed by atoms with E-state index in [9.17, 15) is 25.5 Å². The lowest BCUT2D eigenvalue weighted by Crippen LogP contribution is -2.46. The van der Waals surface area contributed by atoms with Crippen molar-refractivity contribution in [1.82, 2.24) is 0 Å². The number of benzene rings is 1. The van der Waals surface area contributed by atoms with E-state index in [0.29, 0.717) is 12.0 Å². The molecule has 0 amide bonds. The zero-order chi connectivity index (χ0) is 16.3. The van der Waals surface area contributed by atoms with E-state index in [-0.39, 0.29) is 0 Å². The van der Waals surface area contributed by atoms with Gasteiger partial charge in [-0.1, -0.05) is 36.4 Å². The first-order chi connectivity index (χ1) is 10.5. The van der Waals surface area contributed by atoms with E-state index >= 15 is 0 Å². The Kier molecular flexibility index (Phi) is 5.33. The molecule has 2 rings (SSSR count). The van der Waals surface area contributed by atoms with E-state index in [1.807, 2.05) is 24.3 Å². The molecule has 0 bridgehead atoms. The maximum Gasteiger partial charge on any atom is 0.139 e. The summed E-state index contributed by atoms with van der Waals surface area (Å²) in [5.41, 5.74) is 2.38. The van der Waals surface area contributed by atoms with Crippen LogP contribution >= 0.6 is 0 Å². The monoisotopic (exact) mass is 308 g/mol. The van der Waals surface area contributed by atoms with E-state index in [0.717, 1.165) is 11.1 Å². The standard InChI is InChI=1S/C16H20O6/c17-8-12(18)14(20)16(22)15(21)13(19)11-6-5-9-3-1-2-4-10(9)7-11/h1-6,12,14-22H,7-8H2/t12-,14-,15+,16+/m1/s1. The van der Waals surface area contributed by atoms with Gasteiger partial charge in [0.25, 0.3) is 0 Å². The van der Waals surface area contributed by atoms with Crippen LogP contribution in [-0.2, 0) is 6.42 Å². The maximum absolute atomic E-state index is 10.1. The highest BCUT2D eigenvalue weighted by Crippen LogP contribution is 2.25. The van der Waals surface area contributed by atoms with Gasteiger partial charge in [-0.2, -0.15) is 0 Å². The molecular formula is C16H20O6. The fourth-order valence-corrected chi connectivity index (χ4v) is 2.36. The summed E-state index contributed by atoms with van der Waals surface area (Å²) in [6.45, 7) is -0.768. The summed E-state index contributed by atoms with van der Waals surface area (Å²) in [4.78, 5) is 0. The van der Waals surface area contributed by atoms with Crippen LogP contribution in [0.4, 0.5) is 0 Å². The molecule has 1 aromatic rings. The number of aliphatic hydroxyl groups excluding tert-OH is 6. The van der Waals surface area contributed by atoms with Gasteiger partial charge in [-0.3, -0.25) is 0 Å². The summed E-state index contributed by atoms with van der Waals surface area (Å²) >= 11 is 0. The smallest absolute Gasteiger partial charge is 0.139 e. The van der Waals surface area contributed by atoms with Gasteiger partial charge >= 0.3 is 0 Å². The van der Waals surface area contributed by atoms with Gasteiger partial charge in [-0.05, 0) is 16.7 Å². The lowest BCUT2D eigenvalue weighted by atomic mass is 9.91. The second-order valence-electron chi connectivity index (χ2n) is 5.30. The molecule has 0 saturated carbocycles. The number of hydrogen-bond acceptors (Lipinski definition) is 6. The minimum atomic E-state index is -1.82. The van der Waals surface area contributed by atoms with Crippen molar-refractivity contribution in [1.29, 1.82) is 0 Å². The summed E-state index contributed by atoms with van der Waals surface area (Å²) in [6, 6.07) is 7.56. The Hall–Kier alpha value is -1.70. The SMILES string of the molecule is OC[C@@H](O)[C@@H](O)[C@H](O)[C@@H](O)C(O)=C1C=Cc2ccccc2C1. The van der Waals surface area contributed by atoms with Gasteiger partial charge in [0, 0.05) is 6.42 Å². The zero-order valence-electron chi connectivity index (χ0n) is 11.9. The first-order valence-corrected chi connectivity index (χ1v) is 6.96. The molecule has 0 aliphatic heterocycles. The zero-order valence-corrected chi connectivity index (χ0v) is 11.9. The Bertz CT molecular complexity index is 580. The van der Waals surface area contributed by atoms with Crippen molar-refractivity contribution in [3.05, 3.63) is 52.8 Å². The van der Waals surface area contributed by atoms with Gasteiger partial charge < -0.3 is 30.6 Å². The predicted octanol–water partition coefficient (Wildman–Crippen LogP) is -0.496. The molecule has 22 heavy (non-hydrogen) atoms. The maximum atomic E-state index is 10.1. The second-order valence-corrected chi connectivity index (χ2v) is 5.30. The Morgan fingerprint density at radius 2 is 1.68 bits per heavy atom. The van der Waals surface area contributed by atoms with Crippen molar-refractivity contribution < 1.29 is 30.6 Å². The quantitative estimate of drug-likeness (QED) is 0.408. The Balaban J connectivity index is 2.19. The minimum Gasteiger partial charge on any atom is -0.509 e. The van der Waals surface area contributed by atoms with Crippen molar-refractivity contribution in [3.8, 4) is 0 Å². The summed E-state index contributed by atoms with van der Waals surface area (Å²) in [5.74, 6) is -0.470. The first kappa shape index (κ1) is 16.7. The van der Waals surface area contributed by atoms with Crippen LogP contribution in [0.15, 0.2) is 41.7 Å². The van der Waals surface area contributed by atoms with E-state index in [4.69, 9.17) is 5.11 Å². The van der Waals surface area contributed by atoms with Gasteiger partial charge in [-0.25, -0.2) is 0 Å². The van der Waals surface area contributed by atoms with E-state index < -0.39 is 36.8 Å². The molecule has 1 aromatic carbocycles. The summed E-state index contributed by atoms with van der Waals surface area (Å²) < 4.78 is 0. The minimum absolute atomic E-state index is 0.376. The molecule has 6 N–H and O–H groups in total. The average molecular weight is 308 g/mol. The van der Waals surface area contributed by atoms with Crippen molar-refractivity contribution in [2.24, 2.45) is 0 Å². The van der Waals surface area contributed by atoms with Gasteiger partial charge in [0.05, 0.1) is 6.61 Å². The van der Waals surface area contributed by atoms with Crippen molar-refractivity contribution in [2.45, 2.75) is 30.8 Å². The molecule has 120 valence electrons. The third kappa shape index (κ3) is 3.37. The van der Waals surface area contributed by atoms with E-state index in [1.165, 1.54) is 0 Å².